The van der Waals surface area contributed by atoms with E-state index in [1.165, 1.54) is 5.56 Å². The van der Waals surface area contributed by atoms with Crippen LogP contribution in [0.4, 0.5) is 0 Å². The fourth-order valence-corrected chi connectivity index (χ4v) is 2.14. The Morgan fingerprint density at radius 1 is 1.24 bits per heavy atom. The molecular formula is C17H21N3O. The summed E-state index contributed by atoms with van der Waals surface area (Å²) in [6.07, 6.45) is 5.63. The van der Waals surface area contributed by atoms with E-state index in [4.69, 9.17) is 15.9 Å². The van der Waals surface area contributed by atoms with E-state index < -0.39 is 0 Å². The van der Waals surface area contributed by atoms with E-state index in [1.807, 2.05) is 49.6 Å². The third kappa shape index (κ3) is 4.68. The van der Waals surface area contributed by atoms with Crippen molar-refractivity contribution >= 4 is 5.84 Å². The second-order valence-corrected chi connectivity index (χ2v) is 5.07. The molecule has 0 aliphatic carbocycles. The summed E-state index contributed by atoms with van der Waals surface area (Å²) in [6, 6.07) is 9.84. The molecule has 0 fully saturated rings. The molecule has 4 heteroatoms. The monoisotopic (exact) mass is 283 g/mol. The van der Waals surface area contributed by atoms with Crippen LogP contribution in [0, 0.1) is 12.3 Å². The van der Waals surface area contributed by atoms with Crippen molar-refractivity contribution in [2.45, 2.75) is 26.4 Å². The normalized spacial score (nSPS) is 10.5. The lowest BCUT2D eigenvalue weighted by Crippen LogP contribution is -2.11. The number of rotatable bonds is 7. The minimum absolute atomic E-state index is 0.0999. The average Bonchev–Trinajstić information content (AvgIpc) is 2.49. The third-order valence-electron chi connectivity index (χ3n) is 3.41. The number of hydrogen-bond acceptors (Lipinski definition) is 3. The number of amidine groups is 1. The van der Waals surface area contributed by atoms with Gasteiger partial charge in [0.2, 0.25) is 0 Å². The zero-order chi connectivity index (χ0) is 15.1. The van der Waals surface area contributed by atoms with Crippen molar-refractivity contribution in [2.24, 2.45) is 5.73 Å². The molecule has 0 aliphatic rings. The fourth-order valence-electron chi connectivity index (χ4n) is 2.14. The molecule has 0 spiro atoms. The van der Waals surface area contributed by atoms with Crippen LogP contribution in [0.3, 0.4) is 0 Å². The smallest absolute Gasteiger partial charge is 0.122 e. The van der Waals surface area contributed by atoms with Crippen LogP contribution < -0.4 is 5.73 Å². The van der Waals surface area contributed by atoms with Crippen LogP contribution in [0.15, 0.2) is 42.7 Å². The molecule has 0 radical (unpaired) electrons. The van der Waals surface area contributed by atoms with Crippen molar-refractivity contribution < 1.29 is 4.74 Å². The van der Waals surface area contributed by atoms with Crippen LogP contribution in [-0.4, -0.2) is 17.4 Å². The number of benzene rings is 1. The van der Waals surface area contributed by atoms with E-state index in [0.29, 0.717) is 6.61 Å². The van der Waals surface area contributed by atoms with Gasteiger partial charge in [0, 0.05) is 24.6 Å². The van der Waals surface area contributed by atoms with E-state index in [2.05, 4.69) is 4.98 Å². The molecule has 110 valence electrons. The molecule has 2 rings (SSSR count). The van der Waals surface area contributed by atoms with Gasteiger partial charge in [0.15, 0.2) is 0 Å². The zero-order valence-corrected chi connectivity index (χ0v) is 12.3. The molecule has 0 atom stereocenters. The molecule has 0 unspecified atom stereocenters. The van der Waals surface area contributed by atoms with Crippen molar-refractivity contribution in [3.05, 3.63) is 65.0 Å². The lowest BCUT2D eigenvalue weighted by molar-refractivity contribution is 0.118. The van der Waals surface area contributed by atoms with Crippen molar-refractivity contribution in [3.8, 4) is 0 Å². The first-order valence-corrected chi connectivity index (χ1v) is 7.07. The van der Waals surface area contributed by atoms with Gasteiger partial charge in [0.1, 0.15) is 5.84 Å². The summed E-state index contributed by atoms with van der Waals surface area (Å²) >= 11 is 0. The van der Waals surface area contributed by atoms with Gasteiger partial charge in [-0.25, -0.2) is 0 Å². The maximum Gasteiger partial charge on any atom is 0.122 e. The number of pyridine rings is 1. The molecule has 4 nitrogen and oxygen atoms in total. The molecule has 1 heterocycles. The van der Waals surface area contributed by atoms with Gasteiger partial charge in [-0.15, -0.1) is 0 Å². The fraction of sp³-hybridized carbons (Fsp3) is 0.294. The van der Waals surface area contributed by atoms with Crippen LogP contribution in [0.5, 0.6) is 0 Å². The third-order valence-corrected chi connectivity index (χ3v) is 3.41. The van der Waals surface area contributed by atoms with E-state index in [0.717, 1.165) is 36.1 Å². The highest BCUT2D eigenvalue weighted by atomic mass is 16.5. The Kier molecular flexibility index (Phi) is 5.46. The van der Waals surface area contributed by atoms with E-state index in [1.54, 1.807) is 0 Å². The van der Waals surface area contributed by atoms with Gasteiger partial charge >= 0.3 is 0 Å². The topological polar surface area (TPSA) is 72.0 Å². The minimum atomic E-state index is 0.0999. The number of nitrogens with zero attached hydrogens (tertiary/aromatic N) is 1. The number of aryl methyl sites for hydroxylation is 2. The van der Waals surface area contributed by atoms with E-state index in [-0.39, 0.29) is 5.84 Å². The molecule has 2 aromatic rings. The van der Waals surface area contributed by atoms with Crippen LogP contribution in [-0.2, 0) is 17.8 Å². The Morgan fingerprint density at radius 3 is 2.67 bits per heavy atom. The van der Waals surface area contributed by atoms with Gasteiger partial charge in [-0.2, -0.15) is 0 Å². The number of aromatic nitrogens is 1. The second kappa shape index (κ2) is 7.55. The van der Waals surface area contributed by atoms with Crippen molar-refractivity contribution in [1.29, 1.82) is 5.41 Å². The SMILES string of the molecule is Cc1cc(C(=N)N)ccc1COCCCc1ccncc1. The predicted molar refractivity (Wildman–Crippen MR) is 84.4 cm³/mol. The van der Waals surface area contributed by atoms with Crippen LogP contribution in [0.2, 0.25) is 0 Å². The largest absolute Gasteiger partial charge is 0.384 e. The first-order chi connectivity index (χ1) is 10.2. The summed E-state index contributed by atoms with van der Waals surface area (Å²) in [5.74, 6) is 0.0999. The highest BCUT2D eigenvalue weighted by Gasteiger charge is 2.02. The van der Waals surface area contributed by atoms with Gasteiger partial charge in [0.25, 0.3) is 0 Å². The first kappa shape index (κ1) is 15.2. The van der Waals surface area contributed by atoms with Crippen molar-refractivity contribution in [1.82, 2.24) is 4.98 Å². The van der Waals surface area contributed by atoms with Crippen molar-refractivity contribution in [3.63, 3.8) is 0 Å². The first-order valence-electron chi connectivity index (χ1n) is 7.07. The maximum absolute atomic E-state index is 7.42. The van der Waals surface area contributed by atoms with Crippen molar-refractivity contribution in [2.75, 3.05) is 6.61 Å². The standard InChI is InChI=1S/C17H21N3O/c1-13-11-15(17(18)19)4-5-16(13)12-21-10-2-3-14-6-8-20-9-7-14/h4-9,11H,2-3,10,12H2,1H3,(H3,18,19). The highest BCUT2D eigenvalue weighted by molar-refractivity contribution is 5.95. The molecule has 21 heavy (non-hydrogen) atoms. The van der Waals surface area contributed by atoms with Gasteiger partial charge in [-0.3, -0.25) is 10.4 Å². The number of nitrogens with two attached hydrogens (primary N) is 1. The maximum atomic E-state index is 7.42. The lowest BCUT2D eigenvalue weighted by Gasteiger charge is -2.09. The van der Waals surface area contributed by atoms with E-state index >= 15 is 0 Å². The molecule has 0 saturated carbocycles. The Balaban J connectivity index is 1.75. The van der Waals surface area contributed by atoms with Crippen LogP contribution in [0.1, 0.15) is 28.7 Å². The molecule has 0 saturated heterocycles. The predicted octanol–water partition coefficient (Wildman–Crippen LogP) is 2.82. The lowest BCUT2D eigenvalue weighted by atomic mass is 10.1. The molecule has 3 N–H and O–H groups in total. The van der Waals surface area contributed by atoms with E-state index in [9.17, 15) is 0 Å². The van der Waals surface area contributed by atoms with Crippen LogP contribution >= 0.6 is 0 Å². The summed E-state index contributed by atoms with van der Waals surface area (Å²) < 4.78 is 5.72. The number of ether oxygens (including phenoxy) is 1. The molecule has 1 aromatic heterocycles. The van der Waals surface area contributed by atoms with Gasteiger partial charge < -0.3 is 10.5 Å². The van der Waals surface area contributed by atoms with Gasteiger partial charge in [0.05, 0.1) is 6.61 Å². The molecule has 1 aromatic carbocycles. The molecular weight excluding hydrogens is 262 g/mol. The summed E-state index contributed by atoms with van der Waals surface area (Å²) in [6.45, 7) is 3.35. The Morgan fingerprint density at radius 2 is 2.00 bits per heavy atom. The number of nitrogen functional groups attached to an aromatic ring is 1. The molecule has 0 amide bonds. The number of nitrogens with one attached hydrogen (secondary N) is 1. The molecule has 0 bridgehead atoms. The Hall–Kier alpha value is -2.20. The zero-order valence-electron chi connectivity index (χ0n) is 12.3. The van der Waals surface area contributed by atoms with Gasteiger partial charge in [-0.05, 0) is 54.7 Å². The second-order valence-electron chi connectivity index (χ2n) is 5.07. The Labute approximate surface area is 125 Å². The summed E-state index contributed by atoms with van der Waals surface area (Å²) in [4.78, 5) is 4.00. The van der Waals surface area contributed by atoms with Gasteiger partial charge in [-0.1, -0.05) is 12.1 Å². The van der Waals surface area contributed by atoms with Crippen LogP contribution in [0.25, 0.3) is 0 Å². The summed E-state index contributed by atoms with van der Waals surface area (Å²) in [5.41, 5.74) is 9.77. The quantitative estimate of drug-likeness (QED) is 0.466. The summed E-state index contributed by atoms with van der Waals surface area (Å²) in [7, 11) is 0. The summed E-state index contributed by atoms with van der Waals surface area (Å²) in [5, 5.41) is 7.42. The minimum Gasteiger partial charge on any atom is -0.384 e. The molecule has 0 aliphatic heterocycles. The Bertz CT molecular complexity index is 596. The average molecular weight is 283 g/mol. The highest BCUT2D eigenvalue weighted by Crippen LogP contribution is 2.12. The number of hydrogen-bond donors (Lipinski definition) is 2.